The lowest BCUT2D eigenvalue weighted by atomic mass is 10.2. The SMILES string of the molecule is CCCNC1CCCC1SCC. The summed E-state index contributed by atoms with van der Waals surface area (Å²) in [7, 11) is 0. The summed E-state index contributed by atoms with van der Waals surface area (Å²) in [6, 6.07) is 0.815. The Morgan fingerprint density at radius 3 is 2.83 bits per heavy atom. The standard InChI is InChI=1S/C10H21NS/c1-3-8-11-9-6-5-7-10(9)12-4-2/h9-11H,3-8H2,1-2H3. The van der Waals surface area contributed by atoms with Crippen molar-refractivity contribution in [1.29, 1.82) is 0 Å². The molecule has 0 aromatic heterocycles. The summed E-state index contributed by atoms with van der Waals surface area (Å²) in [4.78, 5) is 0. The van der Waals surface area contributed by atoms with Crippen LogP contribution in [0.2, 0.25) is 0 Å². The van der Waals surface area contributed by atoms with Gasteiger partial charge in [0, 0.05) is 11.3 Å². The van der Waals surface area contributed by atoms with Gasteiger partial charge in [0.05, 0.1) is 0 Å². The maximum Gasteiger partial charge on any atom is 0.0201 e. The van der Waals surface area contributed by atoms with Crippen molar-refractivity contribution in [2.24, 2.45) is 0 Å². The monoisotopic (exact) mass is 187 g/mol. The van der Waals surface area contributed by atoms with Crippen molar-refractivity contribution in [2.75, 3.05) is 12.3 Å². The van der Waals surface area contributed by atoms with E-state index >= 15 is 0 Å². The van der Waals surface area contributed by atoms with Gasteiger partial charge in [0.2, 0.25) is 0 Å². The van der Waals surface area contributed by atoms with Gasteiger partial charge in [-0.2, -0.15) is 11.8 Å². The van der Waals surface area contributed by atoms with Gasteiger partial charge >= 0.3 is 0 Å². The van der Waals surface area contributed by atoms with Crippen molar-refractivity contribution in [1.82, 2.24) is 5.32 Å². The summed E-state index contributed by atoms with van der Waals surface area (Å²) >= 11 is 2.13. The average Bonchev–Trinajstić information content (AvgIpc) is 2.50. The second-order valence-corrected chi connectivity index (χ2v) is 5.00. The highest BCUT2D eigenvalue weighted by molar-refractivity contribution is 7.99. The van der Waals surface area contributed by atoms with E-state index in [9.17, 15) is 0 Å². The predicted octanol–water partition coefficient (Wildman–Crippen LogP) is 2.66. The first kappa shape index (κ1) is 10.4. The topological polar surface area (TPSA) is 12.0 Å². The van der Waals surface area contributed by atoms with Gasteiger partial charge < -0.3 is 5.32 Å². The number of thioether (sulfide) groups is 1. The van der Waals surface area contributed by atoms with E-state index in [0.717, 1.165) is 11.3 Å². The fourth-order valence-corrected chi connectivity index (χ4v) is 3.13. The van der Waals surface area contributed by atoms with Gasteiger partial charge in [-0.1, -0.05) is 20.3 Å². The highest BCUT2D eigenvalue weighted by Crippen LogP contribution is 2.29. The highest BCUT2D eigenvalue weighted by atomic mass is 32.2. The first-order valence-electron chi connectivity index (χ1n) is 5.23. The van der Waals surface area contributed by atoms with Gasteiger partial charge in [-0.15, -0.1) is 0 Å². The van der Waals surface area contributed by atoms with E-state index in [-0.39, 0.29) is 0 Å². The Kier molecular flexibility index (Phi) is 5.08. The van der Waals surface area contributed by atoms with Crippen LogP contribution in [-0.4, -0.2) is 23.6 Å². The molecule has 0 radical (unpaired) electrons. The second-order valence-electron chi connectivity index (χ2n) is 3.49. The Morgan fingerprint density at radius 2 is 2.17 bits per heavy atom. The van der Waals surface area contributed by atoms with Crippen LogP contribution >= 0.6 is 11.8 Å². The lowest BCUT2D eigenvalue weighted by Gasteiger charge is -2.19. The van der Waals surface area contributed by atoms with Gasteiger partial charge in [0.1, 0.15) is 0 Å². The molecule has 0 bridgehead atoms. The highest BCUT2D eigenvalue weighted by Gasteiger charge is 2.25. The molecule has 2 heteroatoms. The van der Waals surface area contributed by atoms with E-state index in [1.54, 1.807) is 0 Å². The molecule has 1 aliphatic carbocycles. The summed E-state index contributed by atoms with van der Waals surface area (Å²) in [5.41, 5.74) is 0. The van der Waals surface area contributed by atoms with Gasteiger partial charge in [-0.25, -0.2) is 0 Å². The Balaban J connectivity index is 2.20. The lowest BCUT2D eigenvalue weighted by Crippen LogP contribution is -2.34. The van der Waals surface area contributed by atoms with Gasteiger partial charge in [0.25, 0.3) is 0 Å². The molecule has 0 heterocycles. The lowest BCUT2D eigenvalue weighted by molar-refractivity contribution is 0.531. The number of rotatable bonds is 5. The molecule has 2 atom stereocenters. The summed E-state index contributed by atoms with van der Waals surface area (Å²) in [5.74, 6) is 1.27. The summed E-state index contributed by atoms with van der Waals surface area (Å²) < 4.78 is 0. The molecule has 1 N–H and O–H groups in total. The molecule has 72 valence electrons. The summed E-state index contributed by atoms with van der Waals surface area (Å²) in [6.07, 6.45) is 5.52. The van der Waals surface area contributed by atoms with E-state index in [0.29, 0.717) is 0 Å². The van der Waals surface area contributed by atoms with Crippen LogP contribution in [0.3, 0.4) is 0 Å². The molecule has 0 aromatic carbocycles. The zero-order chi connectivity index (χ0) is 8.81. The molecular formula is C10H21NS. The Bertz CT molecular complexity index is 116. The third kappa shape index (κ3) is 2.98. The molecule has 0 amide bonds. The van der Waals surface area contributed by atoms with Crippen molar-refractivity contribution in [3.63, 3.8) is 0 Å². The first-order valence-corrected chi connectivity index (χ1v) is 6.28. The van der Waals surface area contributed by atoms with Crippen LogP contribution in [0.4, 0.5) is 0 Å². The largest absolute Gasteiger partial charge is 0.313 e. The van der Waals surface area contributed by atoms with Crippen LogP contribution in [0.5, 0.6) is 0 Å². The van der Waals surface area contributed by atoms with Crippen LogP contribution in [0.15, 0.2) is 0 Å². The molecule has 0 aliphatic heterocycles. The maximum atomic E-state index is 3.65. The van der Waals surface area contributed by atoms with Crippen LogP contribution < -0.4 is 5.32 Å². The van der Waals surface area contributed by atoms with Crippen LogP contribution in [-0.2, 0) is 0 Å². The molecule has 1 fully saturated rings. The van der Waals surface area contributed by atoms with Crippen molar-refractivity contribution in [3.05, 3.63) is 0 Å². The molecule has 0 spiro atoms. The van der Waals surface area contributed by atoms with E-state index in [2.05, 4.69) is 30.9 Å². The van der Waals surface area contributed by atoms with Crippen LogP contribution in [0, 0.1) is 0 Å². The minimum atomic E-state index is 0.815. The molecular weight excluding hydrogens is 166 g/mol. The van der Waals surface area contributed by atoms with Crippen molar-refractivity contribution < 1.29 is 0 Å². The minimum Gasteiger partial charge on any atom is -0.313 e. The second kappa shape index (κ2) is 5.87. The van der Waals surface area contributed by atoms with Crippen LogP contribution in [0.1, 0.15) is 39.5 Å². The third-order valence-electron chi connectivity index (χ3n) is 2.49. The third-order valence-corrected chi connectivity index (χ3v) is 3.82. The predicted molar refractivity (Wildman–Crippen MR) is 57.9 cm³/mol. The van der Waals surface area contributed by atoms with Gasteiger partial charge in [0.15, 0.2) is 0 Å². The van der Waals surface area contributed by atoms with Crippen molar-refractivity contribution >= 4 is 11.8 Å². The first-order chi connectivity index (χ1) is 5.88. The molecule has 1 rings (SSSR count). The fraction of sp³-hybridized carbons (Fsp3) is 1.00. The van der Waals surface area contributed by atoms with Gasteiger partial charge in [-0.05, 0) is 31.6 Å². The van der Waals surface area contributed by atoms with Crippen molar-refractivity contribution in [2.45, 2.75) is 50.8 Å². The minimum absolute atomic E-state index is 0.815. The molecule has 12 heavy (non-hydrogen) atoms. The molecule has 0 saturated heterocycles. The van der Waals surface area contributed by atoms with E-state index in [1.165, 1.54) is 38.0 Å². The Morgan fingerprint density at radius 1 is 1.33 bits per heavy atom. The summed E-state index contributed by atoms with van der Waals surface area (Å²) in [6.45, 7) is 5.70. The van der Waals surface area contributed by atoms with E-state index in [4.69, 9.17) is 0 Å². The molecule has 1 nitrogen and oxygen atoms in total. The average molecular weight is 187 g/mol. The number of hydrogen-bond donors (Lipinski definition) is 1. The normalized spacial score (nSPS) is 29.5. The quantitative estimate of drug-likeness (QED) is 0.710. The van der Waals surface area contributed by atoms with E-state index < -0.39 is 0 Å². The molecule has 2 unspecified atom stereocenters. The number of hydrogen-bond acceptors (Lipinski definition) is 2. The molecule has 0 aromatic rings. The fourth-order valence-electron chi connectivity index (χ4n) is 1.90. The zero-order valence-electron chi connectivity index (χ0n) is 8.31. The number of nitrogens with one attached hydrogen (secondary N) is 1. The Hall–Kier alpha value is 0.310. The van der Waals surface area contributed by atoms with Crippen molar-refractivity contribution in [3.8, 4) is 0 Å². The van der Waals surface area contributed by atoms with Crippen LogP contribution in [0.25, 0.3) is 0 Å². The Labute approximate surface area is 80.7 Å². The summed E-state index contributed by atoms with van der Waals surface area (Å²) in [5, 5.41) is 4.55. The van der Waals surface area contributed by atoms with Gasteiger partial charge in [-0.3, -0.25) is 0 Å². The smallest absolute Gasteiger partial charge is 0.0201 e. The molecule has 1 saturated carbocycles. The maximum absolute atomic E-state index is 3.65. The molecule has 1 aliphatic rings. The zero-order valence-corrected chi connectivity index (χ0v) is 9.12. The van der Waals surface area contributed by atoms with E-state index in [1.807, 2.05) is 0 Å².